The zero-order valence-corrected chi connectivity index (χ0v) is 11.3. The molecule has 0 unspecified atom stereocenters. The van der Waals surface area contributed by atoms with Crippen LogP contribution in [0, 0.1) is 17.0 Å². The third kappa shape index (κ3) is 2.57. The highest BCUT2D eigenvalue weighted by molar-refractivity contribution is 5.61. The van der Waals surface area contributed by atoms with Gasteiger partial charge in [-0.05, 0) is 25.5 Å². The smallest absolute Gasteiger partial charge is 0.269 e. The molecule has 0 radical (unpaired) electrons. The number of benzene rings is 1. The summed E-state index contributed by atoms with van der Waals surface area (Å²) in [5.74, 6) is 6.54. The van der Waals surface area contributed by atoms with E-state index >= 15 is 0 Å². The highest BCUT2D eigenvalue weighted by Gasteiger charge is 2.12. The molecule has 20 heavy (non-hydrogen) atoms. The molecule has 1 aromatic heterocycles. The monoisotopic (exact) mass is 273 g/mol. The van der Waals surface area contributed by atoms with Crippen molar-refractivity contribution in [3.63, 3.8) is 0 Å². The van der Waals surface area contributed by atoms with Crippen molar-refractivity contribution in [2.24, 2.45) is 5.84 Å². The van der Waals surface area contributed by atoms with E-state index in [1.165, 1.54) is 12.1 Å². The molecule has 1 heterocycles. The second-order valence-electron chi connectivity index (χ2n) is 4.26. The Morgan fingerprint density at radius 1 is 1.30 bits per heavy atom. The molecule has 0 amide bonds. The van der Waals surface area contributed by atoms with E-state index in [1.54, 1.807) is 12.1 Å². The fourth-order valence-electron chi connectivity index (χ4n) is 2.00. The number of nitro groups is 1. The highest BCUT2D eigenvalue weighted by Crippen LogP contribution is 2.23. The SMILES string of the molecule is CCc1c(C)nc(-c2ccc([N+](=O)[O-])cc2)nc1NN. The number of nitro benzene ring substituents is 1. The highest BCUT2D eigenvalue weighted by atomic mass is 16.6. The summed E-state index contributed by atoms with van der Waals surface area (Å²) in [7, 11) is 0. The first-order valence-corrected chi connectivity index (χ1v) is 6.15. The molecule has 0 fully saturated rings. The predicted octanol–water partition coefficient (Wildman–Crippen LogP) is 2.21. The van der Waals surface area contributed by atoms with Gasteiger partial charge in [-0.1, -0.05) is 6.92 Å². The number of rotatable bonds is 4. The number of nitrogens with zero attached hydrogens (tertiary/aromatic N) is 3. The summed E-state index contributed by atoms with van der Waals surface area (Å²) in [6.07, 6.45) is 0.770. The van der Waals surface area contributed by atoms with Crippen LogP contribution in [0.4, 0.5) is 11.5 Å². The van der Waals surface area contributed by atoms with E-state index in [1.807, 2.05) is 13.8 Å². The summed E-state index contributed by atoms with van der Waals surface area (Å²) in [4.78, 5) is 19.0. The molecule has 7 nitrogen and oxygen atoms in total. The van der Waals surface area contributed by atoms with E-state index in [4.69, 9.17) is 5.84 Å². The molecule has 2 rings (SSSR count). The van der Waals surface area contributed by atoms with Gasteiger partial charge in [0.1, 0.15) is 5.82 Å². The van der Waals surface area contributed by atoms with Crippen LogP contribution in [0.2, 0.25) is 0 Å². The third-order valence-corrected chi connectivity index (χ3v) is 3.04. The van der Waals surface area contributed by atoms with Crippen molar-refractivity contribution < 1.29 is 4.92 Å². The van der Waals surface area contributed by atoms with Crippen LogP contribution >= 0.6 is 0 Å². The van der Waals surface area contributed by atoms with Gasteiger partial charge in [-0.15, -0.1) is 0 Å². The van der Waals surface area contributed by atoms with Crippen LogP contribution in [0.5, 0.6) is 0 Å². The quantitative estimate of drug-likeness (QED) is 0.502. The number of aryl methyl sites for hydroxylation is 1. The first kappa shape index (κ1) is 13.9. The van der Waals surface area contributed by atoms with Gasteiger partial charge in [-0.25, -0.2) is 15.8 Å². The molecule has 0 aliphatic carbocycles. The second-order valence-corrected chi connectivity index (χ2v) is 4.26. The van der Waals surface area contributed by atoms with E-state index in [0.29, 0.717) is 17.2 Å². The lowest BCUT2D eigenvalue weighted by Gasteiger charge is -2.11. The number of nitrogens with two attached hydrogens (primary N) is 1. The minimum atomic E-state index is -0.442. The summed E-state index contributed by atoms with van der Waals surface area (Å²) < 4.78 is 0. The van der Waals surface area contributed by atoms with E-state index in [2.05, 4.69) is 15.4 Å². The van der Waals surface area contributed by atoms with Gasteiger partial charge in [0.15, 0.2) is 5.82 Å². The van der Waals surface area contributed by atoms with E-state index in [-0.39, 0.29) is 5.69 Å². The Morgan fingerprint density at radius 3 is 2.45 bits per heavy atom. The molecule has 7 heteroatoms. The number of hydrogen-bond acceptors (Lipinski definition) is 6. The van der Waals surface area contributed by atoms with Crippen LogP contribution in [0.25, 0.3) is 11.4 Å². The Balaban J connectivity index is 2.47. The predicted molar refractivity (Wildman–Crippen MR) is 76.0 cm³/mol. The normalized spacial score (nSPS) is 10.3. The van der Waals surface area contributed by atoms with Crippen molar-refractivity contribution in [3.05, 3.63) is 45.6 Å². The number of hydrogen-bond donors (Lipinski definition) is 2. The van der Waals surface area contributed by atoms with Gasteiger partial charge in [-0.2, -0.15) is 0 Å². The van der Waals surface area contributed by atoms with Crippen molar-refractivity contribution in [2.45, 2.75) is 20.3 Å². The summed E-state index contributed by atoms with van der Waals surface area (Å²) in [6, 6.07) is 6.10. The van der Waals surface area contributed by atoms with Gasteiger partial charge in [0, 0.05) is 29.0 Å². The summed E-state index contributed by atoms with van der Waals surface area (Å²) in [5, 5.41) is 10.6. The molecule has 104 valence electrons. The molecule has 0 bridgehead atoms. The fraction of sp³-hybridized carbons (Fsp3) is 0.231. The van der Waals surface area contributed by atoms with Gasteiger partial charge < -0.3 is 5.43 Å². The van der Waals surface area contributed by atoms with E-state index in [0.717, 1.165) is 17.7 Å². The Labute approximate surface area is 116 Å². The zero-order chi connectivity index (χ0) is 14.7. The van der Waals surface area contributed by atoms with Crippen molar-refractivity contribution >= 4 is 11.5 Å². The Kier molecular flexibility index (Phi) is 3.90. The van der Waals surface area contributed by atoms with E-state index in [9.17, 15) is 10.1 Å². The third-order valence-electron chi connectivity index (χ3n) is 3.04. The zero-order valence-electron chi connectivity index (χ0n) is 11.3. The Morgan fingerprint density at radius 2 is 1.95 bits per heavy atom. The molecule has 0 aliphatic rings. The van der Waals surface area contributed by atoms with Crippen molar-refractivity contribution in [1.82, 2.24) is 9.97 Å². The van der Waals surface area contributed by atoms with Gasteiger partial charge in [0.05, 0.1) is 4.92 Å². The maximum atomic E-state index is 10.6. The summed E-state index contributed by atoms with van der Waals surface area (Å²) >= 11 is 0. The van der Waals surface area contributed by atoms with Crippen LogP contribution in [0.3, 0.4) is 0 Å². The molecule has 3 N–H and O–H groups in total. The maximum Gasteiger partial charge on any atom is 0.269 e. The van der Waals surface area contributed by atoms with Gasteiger partial charge >= 0.3 is 0 Å². The largest absolute Gasteiger partial charge is 0.308 e. The van der Waals surface area contributed by atoms with Crippen molar-refractivity contribution in [3.8, 4) is 11.4 Å². The van der Waals surface area contributed by atoms with Crippen LogP contribution in [-0.2, 0) is 6.42 Å². The topological polar surface area (TPSA) is 107 Å². The molecular formula is C13H15N5O2. The van der Waals surface area contributed by atoms with Crippen LogP contribution in [0.15, 0.2) is 24.3 Å². The maximum absolute atomic E-state index is 10.6. The van der Waals surface area contributed by atoms with Gasteiger partial charge in [0.25, 0.3) is 5.69 Å². The number of hydrazine groups is 1. The number of nitrogen functional groups attached to an aromatic ring is 1. The fourth-order valence-corrected chi connectivity index (χ4v) is 2.00. The second kappa shape index (κ2) is 5.62. The summed E-state index contributed by atoms with van der Waals surface area (Å²) in [5.41, 5.74) is 5.10. The average Bonchev–Trinajstić information content (AvgIpc) is 2.46. The van der Waals surface area contributed by atoms with Crippen molar-refractivity contribution in [2.75, 3.05) is 5.43 Å². The lowest BCUT2D eigenvalue weighted by Crippen LogP contribution is -2.13. The molecular weight excluding hydrogens is 258 g/mol. The number of anilines is 1. The molecule has 0 atom stereocenters. The molecule has 0 saturated heterocycles. The number of non-ortho nitro benzene ring substituents is 1. The van der Waals surface area contributed by atoms with Crippen LogP contribution < -0.4 is 11.3 Å². The molecule has 0 saturated carbocycles. The summed E-state index contributed by atoms with van der Waals surface area (Å²) in [6.45, 7) is 3.88. The van der Waals surface area contributed by atoms with E-state index < -0.39 is 4.92 Å². The van der Waals surface area contributed by atoms with Crippen LogP contribution in [-0.4, -0.2) is 14.9 Å². The van der Waals surface area contributed by atoms with Crippen LogP contribution in [0.1, 0.15) is 18.2 Å². The lowest BCUT2D eigenvalue weighted by atomic mass is 10.1. The van der Waals surface area contributed by atoms with Crippen molar-refractivity contribution in [1.29, 1.82) is 0 Å². The Bertz CT molecular complexity index is 640. The molecule has 2 aromatic rings. The Hall–Kier alpha value is -2.54. The minimum absolute atomic E-state index is 0.0350. The number of aromatic nitrogens is 2. The first-order chi connectivity index (χ1) is 9.56. The first-order valence-electron chi connectivity index (χ1n) is 6.15. The molecule has 0 aliphatic heterocycles. The molecule has 1 aromatic carbocycles. The van der Waals surface area contributed by atoms with Gasteiger partial charge in [0.2, 0.25) is 0 Å². The minimum Gasteiger partial charge on any atom is -0.308 e. The lowest BCUT2D eigenvalue weighted by molar-refractivity contribution is -0.384. The van der Waals surface area contributed by atoms with Gasteiger partial charge in [-0.3, -0.25) is 10.1 Å². The standard InChI is InChI=1S/C13H15N5O2/c1-3-11-8(2)15-12(16-13(11)17-14)9-4-6-10(7-5-9)18(19)20/h4-7H,3,14H2,1-2H3,(H,15,16,17). The number of nitrogens with one attached hydrogen (secondary N) is 1. The average molecular weight is 273 g/mol. The molecule has 0 spiro atoms.